The Balaban J connectivity index is 2.05. The second-order valence-electron chi connectivity index (χ2n) is 4.78. The number of nitro groups is 1. The van der Waals surface area contributed by atoms with Crippen molar-refractivity contribution in [3.63, 3.8) is 0 Å². The van der Waals surface area contributed by atoms with Gasteiger partial charge in [-0.1, -0.05) is 6.07 Å². The van der Waals surface area contributed by atoms with Crippen LogP contribution in [0.15, 0.2) is 42.5 Å². The number of Topliss-reactive ketones (excluding diaryl/α,β-unsaturated/α-hetero) is 1. The largest absolute Gasteiger partial charge is 0.495 e. The summed E-state index contributed by atoms with van der Waals surface area (Å²) >= 11 is 0. The van der Waals surface area contributed by atoms with E-state index in [9.17, 15) is 14.9 Å². The summed E-state index contributed by atoms with van der Waals surface area (Å²) in [6.07, 6.45) is 0. The van der Waals surface area contributed by atoms with E-state index >= 15 is 0 Å². The van der Waals surface area contributed by atoms with Crippen LogP contribution in [-0.4, -0.2) is 24.4 Å². The van der Waals surface area contributed by atoms with Gasteiger partial charge in [0.05, 0.1) is 24.3 Å². The number of hydrogen-bond donors (Lipinski definition) is 1. The van der Waals surface area contributed by atoms with Crippen molar-refractivity contribution in [3.8, 4) is 5.75 Å². The standard InChI is InChI=1S/C16H16N2O4/c1-11-3-8-14(16(9-11)22-2)17-10-15(19)12-4-6-13(7-5-12)18(20)21/h3-9,17H,10H2,1-2H3. The lowest BCUT2D eigenvalue weighted by Crippen LogP contribution is -2.14. The molecule has 0 aliphatic heterocycles. The van der Waals surface area contributed by atoms with E-state index in [1.807, 2.05) is 25.1 Å². The van der Waals surface area contributed by atoms with E-state index in [2.05, 4.69) is 5.32 Å². The van der Waals surface area contributed by atoms with E-state index in [4.69, 9.17) is 4.74 Å². The highest BCUT2D eigenvalue weighted by atomic mass is 16.6. The Morgan fingerprint density at radius 2 is 1.91 bits per heavy atom. The summed E-state index contributed by atoms with van der Waals surface area (Å²) in [4.78, 5) is 22.2. The van der Waals surface area contributed by atoms with E-state index in [1.165, 1.54) is 24.3 Å². The van der Waals surface area contributed by atoms with E-state index in [0.29, 0.717) is 11.3 Å². The van der Waals surface area contributed by atoms with E-state index < -0.39 is 4.92 Å². The molecule has 6 heteroatoms. The lowest BCUT2D eigenvalue weighted by atomic mass is 10.1. The maximum absolute atomic E-state index is 12.1. The number of aryl methyl sites for hydroxylation is 1. The number of nitrogens with one attached hydrogen (secondary N) is 1. The molecule has 0 atom stereocenters. The van der Waals surface area contributed by atoms with Crippen LogP contribution in [-0.2, 0) is 0 Å². The third-order valence-corrected chi connectivity index (χ3v) is 3.20. The summed E-state index contributed by atoms with van der Waals surface area (Å²) in [6.45, 7) is 2.03. The van der Waals surface area contributed by atoms with Crippen molar-refractivity contribution >= 4 is 17.2 Å². The molecule has 2 aromatic carbocycles. The predicted octanol–water partition coefficient (Wildman–Crippen LogP) is 3.21. The Kier molecular flexibility index (Phi) is 4.73. The monoisotopic (exact) mass is 300 g/mol. The molecule has 0 aliphatic carbocycles. The molecule has 0 aliphatic rings. The molecule has 114 valence electrons. The first kappa shape index (κ1) is 15.5. The Labute approximate surface area is 127 Å². The number of carbonyl (C=O) groups is 1. The predicted molar refractivity (Wildman–Crippen MR) is 83.6 cm³/mol. The molecule has 0 saturated heterocycles. The van der Waals surface area contributed by atoms with Crippen molar-refractivity contribution in [1.29, 1.82) is 0 Å². The molecule has 0 bridgehead atoms. The second kappa shape index (κ2) is 6.71. The van der Waals surface area contributed by atoms with Crippen molar-refractivity contribution in [2.75, 3.05) is 19.0 Å². The van der Waals surface area contributed by atoms with Crippen LogP contribution in [0.4, 0.5) is 11.4 Å². The smallest absolute Gasteiger partial charge is 0.269 e. The van der Waals surface area contributed by atoms with Gasteiger partial charge in [0.1, 0.15) is 5.75 Å². The number of hydrogen-bond acceptors (Lipinski definition) is 5. The van der Waals surface area contributed by atoms with Crippen molar-refractivity contribution in [1.82, 2.24) is 0 Å². The minimum atomic E-state index is -0.496. The summed E-state index contributed by atoms with van der Waals surface area (Å²) in [5.74, 6) is 0.508. The number of non-ortho nitro benzene ring substituents is 1. The third kappa shape index (κ3) is 3.60. The lowest BCUT2D eigenvalue weighted by Gasteiger charge is -2.11. The van der Waals surface area contributed by atoms with E-state index in [-0.39, 0.29) is 18.0 Å². The molecule has 22 heavy (non-hydrogen) atoms. The summed E-state index contributed by atoms with van der Waals surface area (Å²) < 4.78 is 5.26. The van der Waals surface area contributed by atoms with Gasteiger partial charge in [0, 0.05) is 17.7 Å². The van der Waals surface area contributed by atoms with Crippen LogP contribution in [0.25, 0.3) is 0 Å². The molecule has 0 fully saturated rings. The molecule has 1 N–H and O–H groups in total. The summed E-state index contributed by atoms with van der Waals surface area (Å²) in [6, 6.07) is 11.2. The molecule has 0 unspecified atom stereocenters. The number of ketones is 1. The van der Waals surface area contributed by atoms with Gasteiger partial charge in [-0.15, -0.1) is 0 Å². The van der Waals surface area contributed by atoms with Crippen LogP contribution in [0.2, 0.25) is 0 Å². The van der Waals surface area contributed by atoms with Gasteiger partial charge in [-0.05, 0) is 36.8 Å². The molecule has 2 rings (SSSR count). The second-order valence-corrected chi connectivity index (χ2v) is 4.78. The van der Waals surface area contributed by atoms with Gasteiger partial charge in [0.15, 0.2) is 5.78 Å². The van der Waals surface area contributed by atoms with Gasteiger partial charge in [0.25, 0.3) is 5.69 Å². The molecule has 0 aromatic heterocycles. The highest BCUT2D eigenvalue weighted by Gasteiger charge is 2.10. The Hall–Kier alpha value is -2.89. The minimum absolute atomic E-state index is 0.0373. The molecular weight excluding hydrogens is 284 g/mol. The average Bonchev–Trinajstić information content (AvgIpc) is 2.53. The highest BCUT2D eigenvalue weighted by molar-refractivity contribution is 5.99. The number of anilines is 1. The highest BCUT2D eigenvalue weighted by Crippen LogP contribution is 2.25. The molecule has 0 spiro atoms. The zero-order chi connectivity index (χ0) is 16.1. The van der Waals surface area contributed by atoms with Gasteiger partial charge in [0.2, 0.25) is 0 Å². The van der Waals surface area contributed by atoms with Gasteiger partial charge >= 0.3 is 0 Å². The van der Waals surface area contributed by atoms with Crippen molar-refractivity contribution < 1.29 is 14.5 Å². The van der Waals surface area contributed by atoms with Crippen LogP contribution in [0.1, 0.15) is 15.9 Å². The number of carbonyl (C=O) groups excluding carboxylic acids is 1. The number of methoxy groups -OCH3 is 1. The first-order valence-electron chi connectivity index (χ1n) is 6.67. The summed E-state index contributed by atoms with van der Waals surface area (Å²) in [5.41, 5.74) is 2.17. The van der Waals surface area contributed by atoms with Crippen molar-refractivity contribution in [3.05, 3.63) is 63.7 Å². The number of nitrogens with zero attached hydrogens (tertiary/aromatic N) is 1. The first-order chi connectivity index (χ1) is 10.5. The molecular formula is C16H16N2O4. The van der Waals surface area contributed by atoms with Crippen LogP contribution in [0.5, 0.6) is 5.75 Å². The molecule has 0 saturated carbocycles. The van der Waals surface area contributed by atoms with E-state index in [0.717, 1.165) is 11.3 Å². The van der Waals surface area contributed by atoms with Crippen LogP contribution >= 0.6 is 0 Å². The summed E-state index contributed by atoms with van der Waals surface area (Å²) in [5, 5.41) is 13.6. The number of benzene rings is 2. The fourth-order valence-electron chi connectivity index (χ4n) is 1.99. The van der Waals surface area contributed by atoms with E-state index in [1.54, 1.807) is 7.11 Å². The minimum Gasteiger partial charge on any atom is -0.495 e. The fourth-order valence-corrected chi connectivity index (χ4v) is 1.99. The van der Waals surface area contributed by atoms with Crippen molar-refractivity contribution in [2.24, 2.45) is 0 Å². The van der Waals surface area contributed by atoms with Crippen LogP contribution < -0.4 is 10.1 Å². The normalized spacial score (nSPS) is 10.1. The topological polar surface area (TPSA) is 81.5 Å². The fraction of sp³-hybridized carbons (Fsp3) is 0.188. The molecule has 2 aromatic rings. The van der Waals surface area contributed by atoms with Crippen LogP contribution in [0, 0.1) is 17.0 Å². The molecule has 6 nitrogen and oxygen atoms in total. The Morgan fingerprint density at radius 1 is 1.23 bits per heavy atom. The number of rotatable bonds is 6. The van der Waals surface area contributed by atoms with Gasteiger partial charge in [-0.3, -0.25) is 14.9 Å². The number of ether oxygens (including phenoxy) is 1. The average molecular weight is 300 g/mol. The molecule has 0 heterocycles. The van der Waals surface area contributed by atoms with Gasteiger partial charge in [-0.25, -0.2) is 0 Å². The quantitative estimate of drug-likeness (QED) is 0.503. The van der Waals surface area contributed by atoms with Crippen molar-refractivity contribution in [2.45, 2.75) is 6.92 Å². The Morgan fingerprint density at radius 3 is 2.50 bits per heavy atom. The van der Waals surface area contributed by atoms with Gasteiger partial charge in [-0.2, -0.15) is 0 Å². The maximum atomic E-state index is 12.1. The molecule has 0 amide bonds. The first-order valence-corrected chi connectivity index (χ1v) is 6.67. The zero-order valence-corrected chi connectivity index (χ0v) is 12.3. The van der Waals surface area contributed by atoms with Gasteiger partial charge < -0.3 is 10.1 Å². The Bertz CT molecular complexity index is 696. The lowest BCUT2D eigenvalue weighted by molar-refractivity contribution is -0.384. The number of nitro benzene ring substituents is 1. The molecule has 0 radical (unpaired) electrons. The van der Waals surface area contributed by atoms with Crippen LogP contribution in [0.3, 0.4) is 0 Å². The third-order valence-electron chi connectivity index (χ3n) is 3.20. The summed E-state index contributed by atoms with van der Waals surface area (Å²) in [7, 11) is 1.57. The maximum Gasteiger partial charge on any atom is 0.269 e. The zero-order valence-electron chi connectivity index (χ0n) is 12.3. The SMILES string of the molecule is COc1cc(C)ccc1NCC(=O)c1ccc([N+](=O)[O-])cc1.